The van der Waals surface area contributed by atoms with Crippen molar-refractivity contribution in [3.05, 3.63) is 36.5 Å². The molecule has 0 heterocycles. The van der Waals surface area contributed by atoms with Gasteiger partial charge in [-0.05, 0) is 19.5 Å². The molecule has 0 saturated heterocycles. The number of aldehydes is 1. The number of likely N-dealkylation sites (N-methyl/N-ethyl adjacent to an activating group) is 1. The smallest absolute Gasteiger partial charge is 0.141 e. The fraction of sp³-hybridized carbons (Fsp3) is 0.300. The number of hydrogen-bond donors (Lipinski definition) is 1. The zero-order valence-corrected chi connectivity index (χ0v) is 7.58. The molecular formula is C10H15NO. The second kappa shape index (κ2) is 6.55. The number of rotatable bonds is 5. The minimum Gasteiger partial charge on any atom is -0.307 e. The first-order valence-corrected chi connectivity index (χ1v) is 3.88. The average molecular weight is 165 g/mol. The van der Waals surface area contributed by atoms with Gasteiger partial charge in [0.15, 0.2) is 0 Å². The van der Waals surface area contributed by atoms with Crippen molar-refractivity contribution in [2.45, 2.75) is 13.0 Å². The summed E-state index contributed by atoms with van der Waals surface area (Å²) in [5, 5.41) is 2.89. The molecule has 0 aliphatic heterocycles. The zero-order chi connectivity index (χ0) is 9.40. The summed E-state index contributed by atoms with van der Waals surface area (Å²) in [7, 11) is 1.75. The molecule has 0 aromatic rings. The average Bonchev–Trinajstić information content (AvgIpc) is 2.07. The molecule has 0 aromatic carbocycles. The van der Waals surface area contributed by atoms with Crippen LogP contribution in [-0.2, 0) is 4.79 Å². The highest BCUT2D eigenvalue weighted by atomic mass is 16.1. The summed E-state index contributed by atoms with van der Waals surface area (Å²) in [4.78, 5) is 10.6. The molecule has 2 heteroatoms. The fourth-order valence-electron chi connectivity index (χ4n) is 0.905. The van der Waals surface area contributed by atoms with Gasteiger partial charge in [0, 0.05) is 0 Å². The maximum atomic E-state index is 10.6. The predicted octanol–water partition coefficient (Wildman–Crippen LogP) is 1.46. The lowest BCUT2D eigenvalue weighted by Crippen LogP contribution is -2.28. The summed E-state index contributed by atoms with van der Waals surface area (Å²) in [6, 6.07) is -0.237. The van der Waals surface area contributed by atoms with Crippen LogP contribution in [0.2, 0.25) is 0 Å². The van der Waals surface area contributed by atoms with Crippen molar-refractivity contribution in [3.63, 3.8) is 0 Å². The molecule has 0 radical (unpaired) electrons. The van der Waals surface area contributed by atoms with E-state index >= 15 is 0 Å². The molecule has 1 atom stereocenters. The normalized spacial score (nSPS) is 14.7. The van der Waals surface area contributed by atoms with Gasteiger partial charge in [-0.25, -0.2) is 0 Å². The molecule has 0 amide bonds. The molecule has 0 rings (SSSR count). The SMILES string of the molecule is C=C/C=C(\C=C/C)[C@@H](C=O)NC. The van der Waals surface area contributed by atoms with Gasteiger partial charge in [-0.2, -0.15) is 0 Å². The Labute approximate surface area is 73.7 Å². The molecular weight excluding hydrogens is 150 g/mol. The van der Waals surface area contributed by atoms with Crippen LogP contribution < -0.4 is 5.32 Å². The molecule has 0 unspecified atom stereocenters. The number of carbonyl (C=O) groups excluding carboxylic acids is 1. The Kier molecular flexibility index (Phi) is 5.93. The second-order valence-corrected chi connectivity index (χ2v) is 2.30. The Morgan fingerprint density at radius 3 is 2.58 bits per heavy atom. The Hall–Kier alpha value is -1.15. The lowest BCUT2D eigenvalue weighted by Gasteiger charge is -2.08. The van der Waals surface area contributed by atoms with Crippen molar-refractivity contribution in [2.75, 3.05) is 7.05 Å². The van der Waals surface area contributed by atoms with Gasteiger partial charge in [0.25, 0.3) is 0 Å². The van der Waals surface area contributed by atoms with E-state index in [4.69, 9.17) is 0 Å². The summed E-state index contributed by atoms with van der Waals surface area (Å²) in [5.74, 6) is 0. The highest BCUT2D eigenvalue weighted by Crippen LogP contribution is 2.02. The minimum atomic E-state index is -0.237. The fourth-order valence-corrected chi connectivity index (χ4v) is 0.905. The van der Waals surface area contributed by atoms with Gasteiger partial charge in [0.05, 0.1) is 6.04 Å². The van der Waals surface area contributed by atoms with Gasteiger partial charge in [-0.1, -0.05) is 30.9 Å². The second-order valence-electron chi connectivity index (χ2n) is 2.30. The quantitative estimate of drug-likeness (QED) is 0.493. The van der Waals surface area contributed by atoms with Crippen molar-refractivity contribution in [3.8, 4) is 0 Å². The molecule has 66 valence electrons. The molecule has 0 fully saturated rings. The van der Waals surface area contributed by atoms with Crippen molar-refractivity contribution < 1.29 is 4.79 Å². The van der Waals surface area contributed by atoms with E-state index in [0.717, 1.165) is 11.9 Å². The Morgan fingerprint density at radius 1 is 1.58 bits per heavy atom. The summed E-state index contributed by atoms with van der Waals surface area (Å²) < 4.78 is 0. The molecule has 0 bridgehead atoms. The van der Waals surface area contributed by atoms with Crippen LogP contribution in [0.3, 0.4) is 0 Å². The van der Waals surface area contributed by atoms with Crippen molar-refractivity contribution in [1.82, 2.24) is 5.32 Å². The highest BCUT2D eigenvalue weighted by molar-refractivity contribution is 5.65. The van der Waals surface area contributed by atoms with Crippen molar-refractivity contribution in [2.24, 2.45) is 0 Å². The van der Waals surface area contributed by atoms with Crippen molar-refractivity contribution >= 4 is 6.29 Å². The monoisotopic (exact) mass is 165 g/mol. The van der Waals surface area contributed by atoms with Crippen molar-refractivity contribution in [1.29, 1.82) is 0 Å². The Morgan fingerprint density at radius 2 is 2.25 bits per heavy atom. The van der Waals surface area contributed by atoms with Gasteiger partial charge in [-0.15, -0.1) is 0 Å². The van der Waals surface area contributed by atoms with Gasteiger partial charge in [-0.3, -0.25) is 0 Å². The minimum absolute atomic E-state index is 0.237. The summed E-state index contributed by atoms with van der Waals surface area (Å²) >= 11 is 0. The summed E-state index contributed by atoms with van der Waals surface area (Å²) in [6.45, 7) is 5.49. The topological polar surface area (TPSA) is 29.1 Å². The molecule has 2 nitrogen and oxygen atoms in total. The number of hydrogen-bond acceptors (Lipinski definition) is 2. The first kappa shape index (κ1) is 10.8. The lowest BCUT2D eigenvalue weighted by molar-refractivity contribution is -0.108. The maximum absolute atomic E-state index is 10.6. The van der Waals surface area contributed by atoms with Gasteiger partial charge in [0.2, 0.25) is 0 Å². The lowest BCUT2D eigenvalue weighted by atomic mass is 10.1. The highest BCUT2D eigenvalue weighted by Gasteiger charge is 2.05. The van der Waals surface area contributed by atoms with Crippen LogP contribution >= 0.6 is 0 Å². The Bertz CT molecular complexity index is 204. The predicted molar refractivity (Wildman–Crippen MR) is 52.0 cm³/mol. The molecule has 0 aromatic heterocycles. The molecule has 1 N–H and O–H groups in total. The first-order valence-electron chi connectivity index (χ1n) is 3.88. The molecule has 0 spiro atoms. The standard InChI is InChI=1S/C10H15NO/c1-4-6-9(7-5-2)10(8-12)11-3/h4-8,10-11H,1H2,2-3H3/b7-5-,9-6+/t10-/m1/s1. The number of allylic oxidation sites excluding steroid dienone is 3. The van der Waals surface area contributed by atoms with Gasteiger partial charge in [0.1, 0.15) is 6.29 Å². The van der Waals surface area contributed by atoms with Crippen LogP contribution in [0.15, 0.2) is 36.5 Å². The van der Waals surface area contributed by atoms with Crippen LogP contribution in [0.4, 0.5) is 0 Å². The van der Waals surface area contributed by atoms with E-state index in [1.165, 1.54) is 0 Å². The zero-order valence-electron chi connectivity index (χ0n) is 7.58. The van der Waals surface area contributed by atoms with E-state index < -0.39 is 0 Å². The molecule has 0 saturated carbocycles. The van der Waals surface area contributed by atoms with Crippen LogP contribution in [0.5, 0.6) is 0 Å². The largest absolute Gasteiger partial charge is 0.307 e. The van der Waals surface area contributed by atoms with E-state index in [-0.39, 0.29) is 6.04 Å². The number of carbonyl (C=O) groups is 1. The summed E-state index contributed by atoms with van der Waals surface area (Å²) in [6.07, 6.45) is 8.13. The molecule has 12 heavy (non-hydrogen) atoms. The van der Waals surface area contributed by atoms with E-state index in [2.05, 4.69) is 11.9 Å². The molecule has 0 aliphatic rings. The van der Waals surface area contributed by atoms with Crippen LogP contribution in [-0.4, -0.2) is 19.4 Å². The van der Waals surface area contributed by atoms with E-state index in [1.54, 1.807) is 13.1 Å². The Balaban J connectivity index is 4.57. The van der Waals surface area contributed by atoms with Gasteiger partial charge < -0.3 is 10.1 Å². The third-order valence-electron chi connectivity index (χ3n) is 1.48. The van der Waals surface area contributed by atoms with Crippen LogP contribution in [0.25, 0.3) is 0 Å². The maximum Gasteiger partial charge on any atom is 0.141 e. The van der Waals surface area contributed by atoms with Gasteiger partial charge >= 0.3 is 0 Å². The first-order chi connectivity index (χ1) is 5.79. The third kappa shape index (κ3) is 3.30. The van der Waals surface area contributed by atoms with E-state index in [1.807, 2.05) is 25.2 Å². The third-order valence-corrected chi connectivity index (χ3v) is 1.48. The summed E-state index contributed by atoms with van der Waals surface area (Å²) in [5.41, 5.74) is 0.921. The van der Waals surface area contributed by atoms with E-state index in [9.17, 15) is 4.79 Å². The number of nitrogens with one attached hydrogen (secondary N) is 1. The molecule has 0 aliphatic carbocycles. The van der Waals surface area contributed by atoms with E-state index in [0.29, 0.717) is 0 Å². The van der Waals surface area contributed by atoms with Crippen LogP contribution in [0, 0.1) is 0 Å². The van der Waals surface area contributed by atoms with Crippen LogP contribution in [0.1, 0.15) is 6.92 Å².